The Morgan fingerprint density at radius 2 is 2.38 bits per heavy atom. The first-order valence-electron chi connectivity index (χ1n) is 5.52. The summed E-state index contributed by atoms with van der Waals surface area (Å²) in [5.41, 5.74) is 2.11. The molecule has 1 aromatic rings. The van der Waals surface area contributed by atoms with E-state index in [4.69, 9.17) is 0 Å². The van der Waals surface area contributed by atoms with Crippen molar-refractivity contribution in [2.24, 2.45) is 7.05 Å². The first kappa shape index (κ1) is 11.3. The Labute approximate surface area is 94.7 Å². The highest BCUT2D eigenvalue weighted by Gasteiger charge is 2.22. The van der Waals surface area contributed by atoms with Crippen LogP contribution >= 0.6 is 0 Å². The van der Waals surface area contributed by atoms with Gasteiger partial charge in [0.15, 0.2) is 12.1 Å². The first-order chi connectivity index (χ1) is 7.61. The molecule has 0 fully saturated rings. The van der Waals surface area contributed by atoms with Crippen molar-refractivity contribution in [3.63, 3.8) is 0 Å². The first-order valence-corrected chi connectivity index (χ1v) is 5.52. The summed E-state index contributed by atoms with van der Waals surface area (Å²) >= 11 is 0. The van der Waals surface area contributed by atoms with Gasteiger partial charge in [0.05, 0.1) is 11.8 Å². The average Bonchev–Trinajstić information content (AvgIpc) is 2.54. The van der Waals surface area contributed by atoms with E-state index < -0.39 is 0 Å². The van der Waals surface area contributed by atoms with E-state index in [1.807, 2.05) is 11.6 Å². The number of carbonyl (C=O) groups is 1. The molecule has 5 heteroatoms. The lowest BCUT2D eigenvalue weighted by Crippen LogP contribution is -2.36. The molecule has 1 atom stereocenters. The molecule has 0 aliphatic carbocycles. The maximum Gasteiger partial charge on any atom is 0.185 e. The molecule has 1 aromatic heterocycles. The maximum absolute atomic E-state index is 10.8. The molecule has 0 saturated heterocycles. The monoisotopic (exact) mass is 223 g/mol. The van der Waals surface area contributed by atoms with Gasteiger partial charge in [-0.2, -0.15) is 0 Å². The van der Waals surface area contributed by atoms with Crippen LogP contribution in [-0.2, 0) is 20.0 Å². The molecular formula is C11H17N3O2. The topological polar surface area (TPSA) is 58.4 Å². The second kappa shape index (κ2) is 4.35. The molecule has 2 rings (SSSR count). The number of hydrogen-bond donors (Lipinski definition) is 1. The molecule has 2 heterocycles. The summed E-state index contributed by atoms with van der Waals surface area (Å²) in [4.78, 5) is 17.2. The van der Waals surface area contributed by atoms with Gasteiger partial charge in [-0.05, 0) is 6.92 Å². The fourth-order valence-corrected chi connectivity index (χ4v) is 2.24. The second-order valence-electron chi connectivity index (χ2n) is 4.37. The number of rotatable bonds is 3. The minimum absolute atomic E-state index is 0.323. The Balaban J connectivity index is 2.18. The van der Waals surface area contributed by atoms with E-state index in [9.17, 15) is 9.90 Å². The van der Waals surface area contributed by atoms with Crippen LogP contribution < -0.4 is 0 Å². The number of aliphatic hydroxyl groups excluding tert-OH is 1. The van der Waals surface area contributed by atoms with Crippen molar-refractivity contribution in [3.05, 3.63) is 17.2 Å². The highest BCUT2D eigenvalue weighted by atomic mass is 16.3. The number of aliphatic hydroxyl groups is 1. The molecule has 16 heavy (non-hydrogen) atoms. The molecule has 1 N–H and O–H groups in total. The third kappa shape index (κ3) is 2.01. The number of aromatic nitrogens is 2. The van der Waals surface area contributed by atoms with Crippen LogP contribution in [0.1, 0.15) is 28.9 Å². The highest BCUT2D eigenvalue weighted by Crippen LogP contribution is 2.18. The zero-order chi connectivity index (χ0) is 11.7. The summed E-state index contributed by atoms with van der Waals surface area (Å²) in [7, 11) is 1.87. The van der Waals surface area contributed by atoms with Crippen LogP contribution in [0.4, 0.5) is 0 Å². The molecule has 1 aliphatic rings. The van der Waals surface area contributed by atoms with Gasteiger partial charge in [-0.15, -0.1) is 0 Å². The highest BCUT2D eigenvalue weighted by molar-refractivity contribution is 5.69. The molecule has 0 saturated carbocycles. The lowest BCUT2D eigenvalue weighted by Gasteiger charge is -2.27. The number of imidazole rings is 1. The predicted molar refractivity (Wildman–Crippen MR) is 59.3 cm³/mol. The van der Waals surface area contributed by atoms with Crippen LogP contribution in [0.25, 0.3) is 0 Å². The van der Waals surface area contributed by atoms with E-state index in [-0.39, 0.29) is 6.10 Å². The van der Waals surface area contributed by atoms with E-state index in [1.165, 1.54) is 0 Å². The smallest absolute Gasteiger partial charge is 0.185 e. The zero-order valence-electron chi connectivity index (χ0n) is 9.68. The molecule has 0 spiro atoms. The average molecular weight is 223 g/mol. The van der Waals surface area contributed by atoms with Crippen molar-refractivity contribution in [2.75, 3.05) is 13.1 Å². The molecule has 1 aliphatic heterocycles. The van der Waals surface area contributed by atoms with Crippen molar-refractivity contribution in [3.8, 4) is 0 Å². The Hall–Kier alpha value is -1.20. The van der Waals surface area contributed by atoms with Gasteiger partial charge in [-0.1, -0.05) is 0 Å². The van der Waals surface area contributed by atoms with Gasteiger partial charge in [0.2, 0.25) is 0 Å². The Morgan fingerprint density at radius 1 is 1.62 bits per heavy atom. The standard InChI is InChI=1S/C11H17N3O2/c1-8(16)5-14-4-3-10-9(6-14)12-11(7-15)13(10)2/h7-8,16H,3-6H2,1-2H3. The van der Waals surface area contributed by atoms with Crippen molar-refractivity contribution >= 4 is 6.29 Å². The Morgan fingerprint density at radius 3 is 3.00 bits per heavy atom. The fourth-order valence-electron chi connectivity index (χ4n) is 2.24. The lowest BCUT2D eigenvalue weighted by atomic mass is 10.1. The van der Waals surface area contributed by atoms with Crippen LogP contribution in [-0.4, -0.2) is 45.0 Å². The summed E-state index contributed by atoms with van der Waals surface area (Å²) in [6.07, 6.45) is 1.35. The SMILES string of the molecule is CC(O)CN1CCc2c(nc(C=O)n2C)C1. The molecule has 0 aromatic carbocycles. The molecule has 0 radical (unpaired) electrons. The third-order valence-electron chi connectivity index (χ3n) is 3.00. The van der Waals surface area contributed by atoms with Gasteiger partial charge in [-0.25, -0.2) is 4.98 Å². The molecule has 1 unspecified atom stereocenters. The van der Waals surface area contributed by atoms with E-state index in [2.05, 4.69) is 9.88 Å². The van der Waals surface area contributed by atoms with Crippen LogP contribution in [0, 0.1) is 0 Å². The van der Waals surface area contributed by atoms with E-state index in [0.29, 0.717) is 12.4 Å². The molecule has 0 amide bonds. The number of fused-ring (bicyclic) bond motifs is 1. The summed E-state index contributed by atoms with van der Waals surface area (Å²) in [5.74, 6) is 0.490. The normalized spacial score (nSPS) is 18.2. The van der Waals surface area contributed by atoms with Gasteiger partial charge >= 0.3 is 0 Å². The van der Waals surface area contributed by atoms with Crippen LogP contribution in [0.2, 0.25) is 0 Å². The van der Waals surface area contributed by atoms with E-state index >= 15 is 0 Å². The fraction of sp³-hybridized carbons (Fsp3) is 0.636. The molecule has 0 bridgehead atoms. The van der Waals surface area contributed by atoms with Crippen molar-refractivity contribution in [2.45, 2.75) is 26.0 Å². The van der Waals surface area contributed by atoms with Crippen molar-refractivity contribution in [1.82, 2.24) is 14.5 Å². The van der Waals surface area contributed by atoms with Gasteiger partial charge < -0.3 is 9.67 Å². The Kier molecular flexibility index (Phi) is 3.07. The van der Waals surface area contributed by atoms with E-state index in [0.717, 1.165) is 37.2 Å². The predicted octanol–water partition coefficient (Wildman–Crippen LogP) is -0.0285. The molecular weight excluding hydrogens is 206 g/mol. The summed E-state index contributed by atoms with van der Waals surface area (Å²) in [5, 5.41) is 9.34. The lowest BCUT2D eigenvalue weighted by molar-refractivity contribution is 0.111. The Bertz CT molecular complexity index is 398. The molecule has 5 nitrogen and oxygen atoms in total. The summed E-state index contributed by atoms with van der Waals surface area (Å²) in [6.45, 7) is 4.08. The quantitative estimate of drug-likeness (QED) is 0.731. The number of hydrogen-bond acceptors (Lipinski definition) is 4. The van der Waals surface area contributed by atoms with Crippen molar-refractivity contribution in [1.29, 1.82) is 0 Å². The largest absolute Gasteiger partial charge is 0.392 e. The number of nitrogens with zero attached hydrogens (tertiary/aromatic N) is 3. The van der Waals surface area contributed by atoms with Crippen LogP contribution in [0.5, 0.6) is 0 Å². The van der Waals surface area contributed by atoms with Crippen molar-refractivity contribution < 1.29 is 9.90 Å². The van der Waals surface area contributed by atoms with Crippen LogP contribution in [0.3, 0.4) is 0 Å². The number of aldehydes is 1. The number of carbonyl (C=O) groups excluding carboxylic acids is 1. The summed E-state index contributed by atoms with van der Waals surface area (Å²) in [6, 6.07) is 0. The zero-order valence-corrected chi connectivity index (χ0v) is 9.68. The number of β-amino-alcohol motifs (C(OH)–C–C–N with tert-alkyl or cyclic N) is 1. The maximum atomic E-state index is 10.8. The molecule has 88 valence electrons. The van der Waals surface area contributed by atoms with Gasteiger partial charge in [0, 0.05) is 38.8 Å². The van der Waals surface area contributed by atoms with Gasteiger partial charge in [-0.3, -0.25) is 9.69 Å². The third-order valence-corrected chi connectivity index (χ3v) is 3.00. The minimum atomic E-state index is -0.323. The van der Waals surface area contributed by atoms with Gasteiger partial charge in [0.25, 0.3) is 0 Å². The van der Waals surface area contributed by atoms with E-state index in [1.54, 1.807) is 6.92 Å². The van der Waals surface area contributed by atoms with Gasteiger partial charge in [0.1, 0.15) is 0 Å². The second-order valence-corrected chi connectivity index (χ2v) is 4.37. The minimum Gasteiger partial charge on any atom is -0.392 e. The summed E-state index contributed by atoms with van der Waals surface area (Å²) < 4.78 is 1.86. The van der Waals surface area contributed by atoms with Crippen LogP contribution in [0.15, 0.2) is 0 Å².